The number of fused-ring (bicyclic) bond motifs is 4. The fourth-order valence-electron chi connectivity index (χ4n) is 4.73. The molecule has 13 heteroatoms. The van der Waals surface area contributed by atoms with Crippen molar-refractivity contribution < 1.29 is 32.9 Å². The van der Waals surface area contributed by atoms with E-state index in [-0.39, 0.29) is 34.8 Å². The molecule has 2 atom stereocenters. The molecule has 1 aromatic carbocycles. The second-order valence-electron chi connectivity index (χ2n) is 9.31. The highest BCUT2D eigenvalue weighted by molar-refractivity contribution is 6.33. The maximum Gasteiger partial charge on any atom is 0.416 e. The number of urea groups is 1. The van der Waals surface area contributed by atoms with E-state index in [0.29, 0.717) is 23.7 Å². The van der Waals surface area contributed by atoms with Gasteiger partial charge in [0.1, 0.15) is 12.7 Å². The number of benzene rings is 1. The number of carbonyl (C=O) groups is 1. The number of aromatic nitrogens is 2. The van der Waals surface area contributed by atoms with Crippen LogP contribution in [0.3, 0.4) is 0 Å². The number of carbonyl (C=O) groups excluding carboxylic acids is 1. The quantitative estimate of drug-likeness (QED) is 0.403. The number of aliphatic hydroxyl groups is 2. The van der Waals surface area contributed by atoms with Crippen LogP contribution in [0, 0.1) is 0 Å². The average molecular weight is 564 g/mol. The smallest absolute Gasteiger partial charge is 0.416 e. The summed E-state index contributed by atoms with van der Waals surface area (Å²) in [4.78, 5) is 25.9. The Balaban J connectivity index is 1.48. The molecule has 0 saturated carbocycles. The van der Waals surface area contributed by atoms with E-state index >= 15 is 0 Å². The molecule has 2 aromatic heterocycles. The first-order chi connectivity index (χ1) is 18.6. The zero-order valence-corrected chi connectivity index (χ0v) is 21.3. The molecule has 2 amide bonds. The van der Waals surface area contributed by atoms with Gasteiger partial charge in [0.15, 0.2) is 5.82 Å². The maximum atomic E-state index is 13.6. The zero-order chi connectivity index (χ0) is 27.7. The fourth-order valence-corrected chi connectivity index (χ4v) is 4.98. The van der Waals surface area contributed by atoms with Gasteiger partial charge in [-0.15, -0.1) is 0 Å². The Morgan fingerprint density at radius 1 is 1.26 bits per heavy atom. The van der Waals surface area contributed by atoms with Gasteiger partial charge in [0, 0.05) is 36.6 Å². The normalized spacial score (nSPS) is 17.4. The number of aliphatic hydroxyl groups excluding tert-OH is 2. The minimum Gasteiger partial charge on any atom is -0.475 e. The van der Waals surface area contributed by atoms with E-state index in [9.17, 15) is 23.1 Å². The Morgan fingerprint density at radius 3 is 2.85 bits per heavy atom. The van der Waals surface area contributed by atoms with Crippen LogP contribution >= 0.6 is 11.6 Å². The summed E-state index contributed by atoms with van der Waals surface area (Å²) in [6.45, 7) is 0.652. The topological polar surface area (TPSA) is 111 Å². The van der Waals surface area contributed by atoms with Crippen LogP contribution in [0.25, 0.3) is 11.3 Å². The third-order valence-corrected chi connectivity index (χ3v) is 6.86. The van der Waals surface area contributed by atoms with Gasteiger partial charge in [-0.1, -0.05) is 23.7 Å². The molecule has 9 nitrogen and oxygen atoms in total. The Hall–Kier alpha value is -3.61. The highest BCUT2D eigenvalue weighted by Crippen LogP contribution is 2.43. The maximum absolute atomic E-state index is 13.6. The lowest BCUT2D eigenvalue weighted by atomic mass is 9.99. The second-order valence-corrected chi connectivity index (χ2v) is 9.72. The van der Waals surface area contributed by atoms with Gasteiger partial charge >= 0.3 is 12.2 Å². The molecule has 3 aromatic rings. The van der Waals surface area contributed by atoms with Gasteiger partial charge in [-0.05, 0) is 37.1 Å². The summed E-state index contributed by atoms with van der Waals surface area (Å²) in [6, 6.07) is 8.73. The van der Waals surface area contributed by atoms with Gasteiger partial charge < -0.3 is 25.2 Å². The number of ether oxygens (including phenoxy) is 1. The van der Waals surface area contributed by atoms with Gasteiger partial charge in [-0.3, -0.25) is 4.90 Å². The van der Waals surface area contributed by atoms with Gasteiger partial charge in [-0.2, -0.15) is 13.2 Å². The van der Waals surface area contributed by atoms with E-state index in [1.54, 1.807) is 12.1 Å². The van der Waals surface area contributed by atoms with E-state index in [0.717, 1.165) is 31.5 Å². The molecule has 2 aliphatic rings. The number of piperidine rings is 1. The van der Waals surface area contributed by atoms with Crippen LogP contribution in [0.15, 0.2) is 48.7 Å². The monoisotopic (exact) mass is 563 g/mol. The van der Waals surface area contributed by atoms with Crippen molar-refractivity contribution in [2.45, 2.75) is 31.2 Å². The third-order valence-electron chi connectivity index (χ3n) is 6.57. The summed E-state index contributed by atoms with van der Waals surface area (Å²) in [5.74, 6) is 0.441. The molecule has 2 aliphatic heterocycles. The third kappa shape index (κ3) is 5.72. The van der Waals surface area contributed by atoms with Gasteiger partial charge in [0.25, 0.3) is 0 Å². The Kier molecular flexibility index (Phi) is 7.52. The summed E-state index contributed by atoms with van der Waals surface area (Å²) in [5, 5.41) is 21.5. The molecule has 2 bridgehead atoms. The van der Waals surface area contributed by atoms with Crippen LogP contribution in [0.5, 0.6) is 5.88 Å². The molecule has 0 radical (unpaired) electrons. The van der Waals surface area contributed by atoms with Crippen molar-refractivity contribution >= 4 is 34.8 Å². The zero-order valence-electron chi connectivity index (χ0n) is 20.5. The Bertz CT molecular complexity index is 1380. The first-order valence-corrected chi connectivity index (χ1v) is 12.6. The van der Waals surface area contributed by atoms with Gasteiger partial charge in [0.2, 0.25) is 5.88 Å². The number of nitrogens with zero attached hydrogens (tertiary/aromatic N) is 4. The van der Waals surface area contributed by atoms with Gasteiger partial charge in [-0.25, -0.2) is 14.8 Å². The summed E-state index contributed by atoms with van der Waals surface area (Å²) in [7, 11) is 0. The Labute approximate surface area is 226 Å². The summed E-state index contributed by atoms with van der Waals surface area (Å²) in [6.07, 6.45) is -2.63. The fraction of sp³-hybridized carbons (Fsp3) is 0.346. The van der Waals surface area contributed by atoms with Crippen LogP contribution in [-0.2, 0) is 6.18 Å². The molecule has 0 spiro atoms. The minimum atomic E-state index is -4.53. The van der Waals surface area contributed by atoms with Crippen LogP contribution in [0.4, 0.5) is 35.2 Å². The van der Waals surface area contributed by atoms with Crippen molar-refractivity contribution in [1.82, 2.24) is 9.97 Å². The van der Waals surface area contributed by atoms with E-state index in [1.807, 2.05) is 0 Å². The van der Waals surface area contributed by atoms with E-state index < -0.39 is 30.5 Å². The van der Waals surface area contributed by atoms with Crippen LogP contribution in [0.1, 0.15) is 18.4 Å². The minimum absolute atomic E-state index is 0.139. The lowest BCUT2D eigenvalue weighted by Gasteiger charge is -2.46. The van der Waals surface area contributed by atoms with Crippen molar-refractivity contribution in [3.8, 4) is 17.1 Å². The van der Waals surface area contributed by atoms with Crippen LogP contribution in [0.2, 0.25) is 5.02 Å². The van der Waals surface area contributed by atoms with Crippen molar-refractivity contribution in [1.29, 1.82) is 0 Å². The predicted octanol–water partition coefficient (Wildman–Crippen LogP) is 4.57. The number of nitrogens with one attached hydrogen (secondary N) is 1. The highest BCUT2D eigenvalue weighted by atomic mass is 35.5. The lowest BCUT2D eigenvalue weighted by Crippen LogP contribution is -2.56. The number of anilines is 3. The molecule has 5 rings (SSSR count). The second kappa shape index (κ2) is 10.9. The molecule has 1 saturated heterocycles. The van der Waals surface area contributed by atoms with Crippen molar-refractivity contribution in [3.63, 3.8) is 0 Å². The SMILES string of the molecule is O=C(Nc1ccnc(OCC(O)CO)c1)N1c2nc(-c3cccc(C(F)(F)F)c3)c(Cl)cc2N2CCC[C@H]1C2. The van der Waals surface area contributed by atoms with Crippen molar-refractivity contribution in [2.24, 2.45) is 0 Å². The average Bonchev–Trinajstić information content (AvgIpc) is 2.92. The molecular formula is C26H25ClF3N5O4. The van der Waals surface area contributed by atoms with E-state index in [2.05, 4.69) is 20.2 Å². The number of hydrogen-bond acceptors (Lipinski definition) is 7. The molecule has 3 N–H and O–H groups in total. The lowest BCUT2D eigenvalue weighted by molar-refractivity contribution is -0.137. The number of rotatable bonds is 6. The van der Waals surface area contributed by atoms with Crippen LogP contribution < -0.4 is 19.9 Å². The summed E-state index contributed by atoms with van der Waals surface area (Å²) >= 11 is 6.53. The van der Waals surface area contributed by atoms with Crippen LogP contribution in [-0.4, -0.2) is 64.7 Å². The Morgan fingerprint density at radius 2 is 2.08 bits per heavy atom. The number of amides is 2. The molecule has 4 heterocycles. The standard InChI is InChI=1S/C26H25ClF3N5O4/c27-20-11-21-24(33-23(20)15-3-1-4-16(9-15)26(28,29)30)35(18-5-2-8-34(21)12-18)25(38)32-17-6-7-31-22(10-17)39-14-19(37)13-36/h1,3-4,6-7,9-11,18-19,36-37H,2,5,8,12-14H2,(H,31,32,38)/t18-,19?/m0/s1. The molecule has 1 fully saturated rings. The first kappa shape index (κ1) is 27.0. The van der Waals surface area contributed by atoms with Crippen molar-refractivity contribution in [2.75, 3.05) is 41.4 Å². The summed E-state index contributed by atoms with van der Waals surface area (Å²) < 4.78 is 45.5. The summed E-state index contributed by atoms with van der Waals surface area (Å²) in [5.41, 5.74) is 0.495. The number of halogens is 4. The highest BCUT2D eigenvalue weighted by Gasteiger charge is 2.39. The predicted molar refractivity (Wildman–Crippen MR) is 139 cm³/mol. The molecule has 0 aliphatic carbocycles. The molecule has 1 unspecified atom stereocenters. The number of hydrogen-bond donors (Lipinski definition) is 3. The number of alkyl halides is 3. The van der Waals surface area contributed by atoms with Crippen molar-refractivity contribution in [3.05, 3.63) is 59.2 Å². The molecule has 39 heavy (non-hydrogen) atoms. The van der Waals surface area contributed by atoms with E-state index in [1.165, 1.54) is 29.3 Å². The molecular weight excluding hydrogens is 539 g/mol. The molecule has 206 valence electrons. The van der Waals surface area contributed by atoms with Gasteiger partial charge in [0.05, 0.1) is 34.6 Å². The number of pyridine rings is 2. The van der Waals surface area contributed by atoms with E-state index in [4.69, 9.17) is 21.4 Å². The first-order valence-electron chi connectivity index (χ1n) is 12.2. The largest absolute Gasteiger partial charge is 0.475 e.